The van der Waals surface area contributed by atoms with Crippen molar-refractivity contribution in [1.29, 1.82) is 0 Å². The highest BCUT2D eigenvalue weighted by molar-refractivity contribution is 6.17. The van der Waals surface area contributed by atoms with E-state index in [1.165, 1.54) is 16.5 Å². The van der Waals surface area contributed by atoms with E-state index in [4.69, 9.17) is 18.8 Å². The van der Waals surface area contributed by atoms with Crippen LogP contribution in [0.5, 0.6) is 0 Å². The summed E-state index contributed by atoms with van der Waals surface area (Å²) in [5.41, 5.74) is 13.2. The Morgan fingerprint density at radius 2 is 0.926 bits per heavy atom. The van der Waals surface area contributed by atoms with E-state index >= 15 is 0 Å². The summed E-state index contributed by atoms with van der Waals surface area (Å²) in [6.07, 6.45) is 0. The lowest BCUT2D eigenvalue weighted by atomic mass is 9.94. The van der Waals surface area contributed by atoms with Crippen molar-refractivity contribution in [3.05, 3.63) is 182 Å². The zero-order chi connectivity index (χ0) is 35.6. The van der Waals surface area contributed by atoms with Crippen molar-refractivity contribution in [2.45, 2.75) is 0 Å². The van der Waals surface area contributed by atoms with Gasteiger partial charge >= 0.3 is 0 Å². The van der Waals surface area contributed by atoms with E-state index < -0.39 is 0 Å². The summed E-state index contributed by atoms with van der Waals surface area (Å²) >= 11 is 0. The van der Waals surface area contributed by atoms with Gasteiger partial charge in [0.25, 0.3) is 0 Å². The van der Waals surface area contributed by atoms with E-state index in [9.17, 15) is 0 Å². The van der Waals surface area contributed by atoms with Crippen molar-refractivity contribution < 1.29 is 8.83 Å². The van der Waals surface area contributed by atoms with Crippen LogP contribution in [0, 0.1) is 0 Å². The maximum atomic E-state index is 6.72. The van der Waals surface area contributed by atoms with Gasteiger partial charge in [0.05, 0.1) is 0 Å². The van der Waals surface area contributed by atoms with E-state index in [0.717, 1.165) is 82.9 Å². The van der Waals surface area contributed by atoms with Crippen LogP contribution in [0.15, 0.2) is 191 Å². The monoisotopic (exact) mass is 690 g/mol. The highest BCUT2D eigenvalue weighted by Gasteiger charge is 2.21. The number of para-hydroxylation sites is 1. The van der Waals surface area contributed by atoms with Crippen LogP contribution < -0.4 is 0 Å². The molecular weight excluding hydrogens is 661 g/mol. The number of rotatable bonds is 5. The molecule has 252 valence electrons. The first kappa shape index (κ1) is 30.3. The van der Waals surface area contributed by atoms with Gasteiger partial charge < -0.3 is 8.83 Å². The third kappa shape index (κ3) is 5.00. The predicted octanol–water partition coefficient (Wildman–Crippen LogP) is 13.8. The van der Waals surface area contributed by atoms with Crippen LogP contribution >= 0.6 is 0 Å². The average molecular weight is 691 g/mol. The number of fused-ring (bicyclic) bond motifs is 7. The third-order valence-electron chi connectivity index (χ3n) is 10.5. The first-order chi connectivity index (χ1) is 26.7. The summed E-state index contributed by atoms with van der Waals surface area (Å²) in [5.74, 6) is 0.603. The Morgan fingerprint density at radius 3 is 1.63 bits per heavy atom. The van der Waals surface area contributed by atoms with E-state index in [1.54, 1.807) is 0 Å². The molecule has 0 radical (unpaired) electrons. The fourth-order valence-corrected chi connectivity index (χ4v) is 7.79. The Kier molecular flexibility index (Phi) is 6.82. The molecule has 0 spiro atoms. The third-order valence-corrected chi connectivity index (χ3v) is 10.5. The fourth-order valence-electron chi connectivity index (χ4n) is 7.79. The quantitative estimate of drug-likeness (QED) is 0.180. The lowest BCUT2D eigenvalue weighted by molar-refractivity contribution is 0.667. The first-order valence-corrected chi connectivity index (χ1v) is 18.1. The predicted molar refractivity (Wildman–Crippen MR) is 221 cm³/mol. The molecule has 3 aromatic heterocycles. The zero-order valence-electron chi connectivity index (χ0n) is 29.0. The van der Waals surface area contributed by atoms with Crippen LogP contribution in [0.4, 0.5) is 0 Å². The van der Waals surface area contributed by atoms with Crippen molar-refractivity contribution in [1.82, 2.24) is 9.97 Å². The lowest BCUT2D eigenvalue weighted by Gasteiger charge is -2.11. The lowest BCUT2D eigenvalue weighted by Crippen LogP contribution is -1.95. The van der Waals surface area contributed by atoms with Crippen LogP contribution in [-0.4, -0.2) is 9.97 Å². The Morgan fingerprint density at radius 1 is 0.352 bits per heavy atom. The summed E-state index contributed by atoms with van der Waals surface area (Å²) in [5, 5.41) is 5.41. The molecule has 11 aromatic rings. The fraction of sp³-hybridized carbons (Fsp3) is 0. The van der Waals surface area contributed by atoms with Gasteiger partial charge in [-0.25, -0.2) is 9.97 Å². The molecule has 3 heterocycles. The van der Waals surface area contributed by atoms with Gasteiger partial charge in [0.15, 0.2) is 11.4 Å². The van der Waals surface area contributed by atoms with E-state index in [2.05, 4.69) is 152 Å². The number of aromatic nitrogens is 2. The van der Waals surface area contributed by atoms with Crippen LogP contribution in [0.25, 0.3) is 111 Å². The molecule has 11 rings (SSSR count). The van der Waals surface area contributed by atoms with E-state index in [1.807, 2.05) is 30.3 Å². The summed E-state index contributed by atoms with van der Waals surface area (Å²) in [6, 6.07) is 63.4. The number of hydrogen-bond acceptors (Lipinski definition) is 4. The molecule has 0 saturated carbocycles. The van der Waals surface area contributed by atoms with Gasteiger partial charge in [-0.1, -0.05) is 146 Å². The Labute approximate surface area is 310 Å². The van der Waals surface area contributed by atoms with Gasteiger partial charge in [-0.15, -0.1) is 0 Å². The second-order valence-electron chi connectivity index (χ2n) is 13.8. The smallest absolute Gasteiger partial charge is 0.180 e. The largest absolute Gasteiger partial charge is 0.456 e. The molecule has 0 aliphatic carbocycles. The molecule has 0 N–H and O–H groups in total. The maximum Gasteiger partial charge on any atom is 0.180 e. The molecule has 0 bridgehead atoms. The second-order valence-corrected chi connectivity index (χ2v) is 13.8. The molecule has 0 unspecified atom stereocenters. The summed E-state index contributed by atoms with van der Waals surface area (Å²) in [7, 11) is 0. The highest BCUT2D eigenvalue weighted by atomic mass is 16.3. The summed E-state index contributed by atoms with van der Waals surface area (Å²) < 4.78 is 13.2. The molecule has 0 aliphatic rings. The molecule has 4 heteroatoms. The van der Waals surface area contributed by atoms with Crippen molar-refractivity contribution in [3.63, 3.8) is 0 Å². The number of nitrogens with zero attached hydrogens (tertiary/aromatic N) is 2. The van der Waals surface area contributed by atoms with Crippen molar-refractivity contribution in [2.75, 3.05) is 0 Å². The first-order valence-electron chi connectivity index (χ1n) is 18.1. The second kappa shape index (κ2) is 12.1. The van der Waals surface area contributed by atoms with Crippen molar-refractivity contribution in [3.8, 4) is 56.0 Å². The van der Waals surface area contributed by atoms with Crippen LogP contribution in [0.2, 0.25) is 0 Å². The van der Waals surface area contributed by atoms with E-state index in [-0.39, 0.29) is 0 Å². The van der Waals surface area contributed by atoms with Crippen molar-refractivity contribution >= 4 is 54.8 Å². The zero-order valence-corrected chi connectivity index (χ0v) is 29.0. The minimum atomic E-state index is 0.603. The molecule has 0 amide bonds. The minimum Gasteiger partial charge on any atom is -0.456 e. The van der Waals surface area contributed by atoms with Crippen LogP contribution in [-0.2, 0) is 0 Å². The van der Waals surface area contributed by atoms with Gasteiger partial charge in [-0.05, 0) is 80.6 Å². The highest BCUT2D eigenvalue weighted by Crippen LogP contribution is 2.43. The Balaban J connectivity index is 1.15. The van der Waals surface area contributed by atoms with Gasteiger partial charge in [-0.2, -0.15) is 0 Å². The topological polar surface area (TPSA) is 52.1 Å². The SMILES string of the molecule is c1ccc(-c2ccc(-c3nc(-c4cc(-c5ccc(-c6ccccc6)cc5)c5c(c4)oc4cc6ccccc6cc45)nc4c3oc3ccccc34)cc2)cc1. The summed E-state index contributed by atoms with van der Waals surface area (Å²) in [4.78, 5) is 10.5. The Bertz CT molecular complexity index is 3180. The number of furan rings is 2. The average Bonchev–Trinajstić information content (AvgIpc) is 3.80. The molecule has 0 aliphatic heterocycles. The maximum absolute atomic E-state index is 6.72. The number of hydrogen-bond donors (Lipinski definition) is 0. The molecule has 0 atom stereocenters. The summed E-state index contributed by atoms with van der Waals surface area (Å²) in [6.45, 7) is 0. The molecule has 0 fully saturated rings. The molecule has 8 aromatic carbocycles. The van der Waals surface area contributed by atoms with Crippen LogP contribution in [0.1, 0.15) is 0 Å². The molecule has 4 nitrogen and oxygen atoms in total. The Hall–Kier alpha value is -7.30. The van der Waals surface area contributed by atoms with E-state index in [0.29, 0.717) is 11.4 Å². The van der Waals surface area contributed by atoms with Crippen molar-refractivity contribution in [2.24, 2.45) is 0 Å². The van der Waals surface area contributed by atoms with Gasteiger partial charge in [-0.3, -0.25) is 0 Å². The van der Waals surface area contributed by atoms with Gasteiger partial charge in [0.2, 0.25) is 0 Å². The molecular formula is C50H30N2O2. The van der Waals surface area contributed by atoms with Crippen LogP contribution in [0.3, 0.4) is 0 Å². The van der Waals surface area contributed by atoms with Gasteiger partial charge in [0, 0.05) is 27.3 Å². The molecule has 54 heavy (non-hydrogen) atoms. The standard InChI is InChI=1S/C50H30N2O2/c1-3-11-31(12-4-1)33-19-23-35(24-20-33)41-28-39(30-45-46(41)42-27-37-15-7-8-16-38(37)29-44(42)53-45)50-51-47(49-48(52-50)40-17-9-10-18-43(40)54-49)36-25-21-34(22-26-36)32-13-5-2-6-14-32/h1-30H. The van der Waals surface area contributed by atoms with Gasteiger partial charge in [0.1, 0.15) is 28.0 Å². The minimum absolute atomic E-state index is 0.603. The normalized spacial score (nSPS) is 11.7. The number of benzene rings is 8. The molecule has 0 saturated heterocycles.